The first-order chi connectivity index (χ1) is 7.63. The van der Waals surface area contributed by atoms with Crippen LogP contribution in [0.1, 0.15) is 38.9 Å². The van der Waals surface area contributed by atoms with E-state index in [9.17, 15) is 4.79 Å². The number of nitrogens with zero attached hydrogens (tertiary/aromatic N) is 1. The SMILES string of the molecule is CC#CCCNc1cc(=O)[nH]c(C(C)C)n1. The van der Waals surface area contributed by atoms with Gasteiger partial charge in [-0.15, -0.1) is 11.8 Å². The highest BCUT2D eigenvalue weighted by Gasteiger charge is 2.04. The Morgan fingerprint density at radius 1 is 1.56 bits per heavy atom. The van der Waals surface area contributed by atoms with Gasteiger partial charge in [0.25, 0.3) is 5.56 Å². The molecule has 1 aromatic heterocycles. The highest BCUT2D eigenvalue weighted by molar-refractivity contribution is 5.33. The average molecular weight is 219 g/mol. The van der Waals surface area contributed by atoms with Crippen LogP contribution in [-0.2, 0) is 0 Å². The van der Waals surface area contributed by atoms with Crippen molar-refractivity contribution in [3.63, 3.8) is 0 Å². The van der Waals surface area contributed by atoms with Gasteiger partial charge in [0, 0.05) is 24.9 Å². The molecule has 0 atom stereocenters. The zero-order chi connectivity index (χ0) is 12.0. The van der Waals surface area contributed by atoms with Crippen LogP contribution in [0.15, 0.2) is 10.9 Å². The molecule has 0 amide bonds. The quantitative estimate of drug-likeness (QED) is 0.599. The van der Waals surface area contributed by atoms with E-state index in [0.29, 0.717) is 18.2 Å². The molecule has 0 aliphatic heterocycles. The fourth-order valence-electron chi connectivity index (χ4n) is 1.22. The maximum absolute atomic E-state index is 11.3. The number of aromatic nitrogens is 2. The lowest BCUT2D eigenvalue weighted by atomic mass is 10.2. The average Bonchev–Trinajstić information content (AvgIpc) is 2.23. The highest BCUT2D eigenvalue weighted by atomic mass is 16.1. The molecule has 0 aliphatic rings. The molecule has 4 nitrogen and oxygen atoms in total. The summed E-state index contributed by atoms with van der Waals surface area (Å²) in [7, 11) is 0. The van der Waals surface area contributed by atoms with E-state index in [-0.39, 0.29) is 11.5 Å². The number of aromatic amines is 1. The van der Waals surface area contributed by atoms with E-state index in [1.54, 1.807) is 0 Å². The first-order valence-corrected chi connectivity index (χ1v) is 5.38. The Bertz CT molecular complexity index is 451. The van der Waals surface area contributed by atoms with Crippen LogP contribution in [0.3, 0.4) is 0 Å². The molecular formula is C12H17N3O. The summed E-state index contributed by atoms with van der Waals surface area (Å²) in [4.78, 5) is 18.4. The van der Waals surface area contributed by atoms with Crippen molar-refractivity contribution in [3.8, 4) is 11.8 Å². The number of anilines is 1. The minimum atomic E-state index is -0.122. The van der Waals surface area contributed by atoms with Crippen LogP contribution in [-0.4, -0.2) is 16.5 Å². The molecule has 0 bridgehead atoms. The second-order valence-electron chi connectivity index (χ2n) is 3.77. The minimum Gasteiger partial charge on any atom is -0.369 e. The van der Waals surface area contributed by atoms with Gasteiger partial charge in [-0.05, 0) is 6.92 Å². The van der Waals surface area contributed by atoms with Crippen LogP contribution >= 0.6 is 0 Å². The first kappa shape index (κ1) is 12.3. The van der Waals surface area contributed by atoms with Crippen LogP contribution in [0.25, 0.3) is 0 Å². The van der Waals surface area contributed by atoms with Crippen molar-refractivity contribution in [2.75, 3.05) is 11.9 Å². The third-order valence-electron chi connectivity index (χ3n) is 2.04. The van der Waals surface area contributed by atoms with Crippen molar-refractivity contribution < 1.29 is 0 Å². The number of H-pyrrole nitrogens is 1. The molecule has 16 heavy (non-hydrogen) atoms. The van der Waals surface area contributed by atoms with Crippen LogP contribution in [0.2, 0.25) is 0 Å². The maximum atomic E-state index is 11.3. The van der Waals surface area contributed by atoms with Gasteiger partial charge in [0.15, 0.2) is 0 Å². The molecule has 0 fully saturated rings. The maximum Gasteiger partial charge on any atom is 0.252 e. The van der Waals surface area contributed by atoms with Crippen molar-refractivity contribution in [2.24, 2.45) is 0 Å². The Hall–Kier alpha value is -1.76. The molecule has 86 valence electrons. The van der Waals surface area contributed by atoms with Gasteiger partial charge < -0.3 is 10.3 Å². The number of rotatable bonds is 4. The molecule has 2 N–H and O–H groups in total. The van der Waals surface area contributed by atoms with Crippen molar-refractivity contribution >= 4 is 5.82 Å². The molecular weight excluding hydrogens is 202 g/mol. The lowest BCUT2D eigenvalue weighted by molar-refractivity contribution is 0.767. The molecule has 1 aromatic rings. The van der Waals surface area contributed by atoms with Crippen LogP contribution < -0.4 is 10.9 Å². The van der Waals surface area contributed by atoms with E-state index in [1.807, 2.05) is 20.8 Å². The third-order valence-corrected chi connectivity index (χ3v) is 2.04. The normalized spacial score (nSPS) is 9.75. The predicted molar refractivity (Wildman–Crippen MR) is 65.5 cm³/mol. The number of nitrogens with one attached hydrogen (secondary N) is 2. The fraction of sp³-hybridized carbons (Fsp3) is 0.500. The molecule has 1 heterocycles. The van der Waals surface area contributed by atoms with E-state index < -0.39 is 0 Å². The van der Waals surface area contributed by atoms with Gasteiger partial charge in [-0.3, -0.25) is 4.79 Å². The van der Waals surface area contributed by atoms with Gasteiger partial charge in [-0.2, -0.15) is 0 Å². The van der Waals surface area contributed by atoms with Crippen molar-refractivity contribution in [2.45, 2.75) is 33.1 Å². The molecule has 0 saturated carbocycles. The summed E-state index contributed by atoms with van der Waals surface area (Å²) in [5.74, 6) is 7.30. The van der Waals surface area contributed by atoms with E-state index in [1.165, 1.54) is 6.07 Å². The zero-order valence-electron chi connectivity index (χ0n) is 9.92. The van der Waals surface area contributed by atoms with Crippen molar-refractivity contribution in [1.29, 1.82) is 0 Å². The monoisotopic (exact) mass is 219 g/mol. The van der Waals surface area contributed by atoms with Crippen molar-refractivity contribution in [1.82, 2.24) is 9.97 Å². The van der Waals surface area contributed by atoms with Gasteiger partial charge in [0.05, 0.1) is 0 Å². The molecule has 0 unspecified atom stereocenters. The Kier molecular flexibility index (Phi) is 4.59. The lowest BCUT2D eigenvalue weighted by Gasteiger charge is -2.07. The standard InChI is InChI=1S/C12H17N3O/c1-4-5-6-7-13-10-8-11(16)15-12(14-10)9(2)3/h8-9H,6-7H2,1-3H3,(H2,13,14,15,16). The third kappa shape index (κ3) is 3.77. The summed E-state index contributed by atoms with van der Waals surface area (Å²) >= 11 is 0. The van der Waals surface area contributed by atoms with Crippen LogP contribution in [0.5, 0.6) is 0 Å². The largest absolute Gasteiger partial charge is 0.369 e. The summed E-state index contributed by atoms with van der Waals surface area (Å²) in [6, 6.07) is 1.46. The summed E-state index contributed by atoms with van der Waals surface area (Å²) in [5.41, 5.74) is -0.122. The van der Waals surface area contributed by atoms with E-state index in [2.05, 4.69) is 27.1 Å². The molecule has 0 spiro atoms. The summed E-state index contributed by atoms with van der Waals surface area (Å²) in [5, 5.41) is 3.08. The number of hydrogen-bond donors (Lipinski definition) is 2. The van der Waals surface area contributed by atoms with Crippen molar-refractivity contribution in [3.05, 3.63) is 22.2 Å². The van der Waals surface area contributed by atoms with E-state index in [4.69, 9.17) is 0 Å². The first-order valence-electron chi connectivity index (χ1n) is 5.38. The topological polar surface area (TPSA) is 57.8 Å². The van der Waals surface area contributed by atoms with Gasteiger partial charge in [-0.1, -0.05) is 13.8 Å². The molecule has 0 aliphatic carbocycles. The second kappa shape index (κ2) is 5.96. The lowest BCUT2D eigenvalue weighted by Crippen LogP contribution is -2.14. The van der Waals surface area contributed by atoms with Gasteiger partial charge in [0.2, 0.25) is 0 Å². The Balaban J connectivity index is 2.71. The molecule has 4 heteroatoms. The Morgan fingerprint density at radius 2 is 2.31 bits per heavy atom. The summed E-state index contributed by atoms with van der Waals surface area (Å²) < 4.78 is 0. The fourth-order valence-corrected chi connectivity index (χ4v) is 1.22. The highest BCUT2D eigenvalue weighted by Crippen LogP contribution is 2.08. The van der Waals surface area contributed by atoms with E-state index >= 15 is 0 Å². The van der Waals surface area contributed by atoms with Gasteiger partial charge in [0.1, 0.15) is 11.6 Å². The zero-order valence-corrected chi connectivity index (χ0v) is 9.92. The molecule has 0 aromatic carbocycles. The van der Waals surface area contributed by atoms with E-state index in [0.717, 1.165) is 6.42 Å². The second-order valence-corrected chi connectivity index (χ2v) is 3.77. The smallest absolute Gasteiger partial charge is 0.252 e. The Labute approximate surface area is 95.5 Å². The van der Waals surface area contributed by atoms with Crippen LogP contribution in [0, 0.1) is 11.8 Å². The van der Waals surface area contributed by atoms with Gasteiger partial charge >= 0.3 is 0 Å². The molecule has 0 saturated heterocycles. The molecule has 1 rings (SSSR count). The minimum absolute atomic E-state index is 0.122. The summed E-state index contributed by atoms with van der Waals surface area (Å²) in [6.07, 6.45) is 0.752. The summed E-state index contributed by atoms with van der Waals surface area (Å²) in [6.45, 7) is 6.49. The Morgan fingerprint density at radius 3 is 2.94 bits per heavy atom. The van der Waals surface area contributed by atoms with Gasteiger partial charge in [-0.25, -0.2) is 4.98 Å². The van der Waals surface area contributed by atoms with Crippen LogP contribution in [0.4, 0.5) is 5.82 Å². The molecule has 0 radical (unpaired) electrons. The predicted octanol–water partition coefficient (Wildman–Crippen LogP) is 1.72. The number of hydrogen-bond acceptors (Lipinski definition) is 3.